The Labute approximate surface area is 86.5 Å². The number of rotatable bonds is 4. The van der Waals surface area contributed by atoms with Crippen LogP contribution in [0.25, 0.3) is 0 Å². The van der Waals surface area contributed by atoms with Crippen LogP contribution in [0.3, 0.4) is 0 Å². The number of carbonyl (C=O) groups excluding carboxylic acids is 1. The van der Waals surface area contributed by atoms with Crippen molar-refractivity contribution in [1.29, 1.82) is 0 Å². The maximum Gasteiger partial charge on any atom is 0.271 e. The summed E-state index contributed by atoms with van der Waals surface area (Å²) in [5.74, 6) is 0.892. The van der Waals surface area contributed by atoms with E-state index in [1.54, 1.807) is 11.8 Å². The van der Waals surface area contributed by atoms with E-state index in [2.05, 4.69) is 15.3 Å². The third-order valence-electron chi connectivity index (χ3n) is 1.48. The van der Waals surface area contributed by atoms with Gasteiger partial charge in [-0.1, -0.05) is 0 Å². The monoisotopic (exact) mass is 212 g/mol. The molecule has 0 spiro atoms. The molecule has 6 heteroatoms. The highest BCUT2D eigenvalue weighted by atomic mass is 32.2. The van der Waals surface area contributed by atoms with Crippen molar-refractivity contribution in [1.82, 2.24) is 15.3 Å². The topological polar surface area (TPSA) is 80.9 Å². The summed E-state index contributed by atoms with van der Waals surface area (Å²) in [6.07, 6.45) is 4.77. The molecule has 14 heavy (non-hydrogen) atoms. The van der Waals surface area contributed by atoms with Crippen LogP contribution in [-0.2, 0) is 0 Å². The molecule has 0 saturated carbocycles. The lowest BCUT2D eigenvalue weighted by Crippen LogP contribution is -2.26. The zero-order chi connectivity index (χ0) is 10.4. The van der Waals surface area contributed by atoms with Crippen molar-refractivity contribution in [2.75, 3.05) is 24.3 Å². The predicted molar refractivity (Wildman–Crippen MR) is 57.2 cm³/mol. The summed E-state index contributed by atoms with van der Waals surface area (Å²) in [5.41, 5.74) is 5.65. The van der Waals surface area contributed by atoms with Gasteiger partial charge in [0.2, 0.25) is 0 Å². The van der Waals surface area contributed by atoms with Gasteiger partial charge in [0.1, 0.15) is 11.5 Å². The molecule has 0 aliphatic rings. The smallest absolute Gasteiger partial charge is 0.271 e. The first-order chi connectivity index (χ1) is 6.74. The molecular weight excluding hydrogens is 200 g/mol. The molecule has 1 heterocycles. The maximum atomic E-state index is 11.4. The average molecular weight is 212 g/mol. The molecule has 0 aromatic carbocycles. The van der Waals surface area contributed by atoms with Gasteiger partial charge in [-0.05, 0) is 6.26 Å². The summed E-state index contributed by atoms with van der Waals surface area (Å²) in [6, 6.07) is 0. The number of amides is 1. The molecule has 0 unspecified atom stereocenters. The molecule has 0 aliphatic heterocycles. The number of nitrogens with one attached hydrogen (secondary N) is 1. The number of nitrogens with zero attached hydrogens (tertiary/aromatic N) is 2. The summed E-state index contributed by atoms with van der Waals surface area (Å²) in [4.78, 5) is 19.0. The molecule has 76 valence electrons. The lowest BCUT2D eigenvalue weighted by molar-refractivity contribution is 0.0951. The number of hydrogen-bond donors (Lipinski definition) is 2. The van der Waals surface area contributed by atoms with Gasteiger partial charge in [-0.3, -0.25) is 9.78 Å². The third kappa shape index (κ3) is 3.21. The van der Waals surface area contributed by atoms with Crippen LogP contribution in [0.2, 0.25) is 0 Å². The third-order valence-corrected chi connectivity index (χ3v) is 2.09. The van der Waals surface area contributed by atoms with Crippen LogP contribution in [0.15, 0.2) is 12.4 Å². The summed E-state index contributed by atoms with van der Waals surface area (Å²) >= 11 is 1.67. The van der Waals surface area contributed by atoms with Crippen LogP contribution in [0.5, 0.6) is 0 Å². The molecular formula is C8H12N4OS. The normalized spacial score (nSPS) is 9.79. The Bertz CT molecular complexity index is 318. The highest BCUT2D eigenvalue weighted by molar-refractivity contribution is 7.98. The number of nitrogen functional groups attached to an aromatic ring is 1. The zero-order valence-electron chi connectivity index (χ0n) is 7.86. The highest BCUT2D eigenvalue weighted by Gasteiger charge is 2.06. The number of hydrogen-bond acceptors (Lipinski definition) is 5. The molecule has 3 N–H and O–H groups in total. The van der Waals surface area contributed by atoms with E-state index in [4.69, 9.17) is 5.73 Å². The fourth-order valence-corrected chi connectivity index (χ4v) is 1.15. The molecule has 0 fully saturated rings. The van der Waals surface area contributed by atoms with Gasteiger partial charge in [0.15, 0.2) is 0 Å². The van der Waals surface area contributed by atoms with E-state index in [1.807, 2.05) is 6.26 Å². The van der Waals surface area contributed by atoms with Gasteiger partial charge in [-0.2, -0.15) is 11.8 Å². The molecule has 1 aromatic heterocycles. The second kappa shape index (κ2) is 5.43. The Morgan fingerprint density at radius 2 is 2.43 bits per heavy atom. The first-order valence-corrected chi connectivity index (χ1v) is 5.48. The van der Waals surface area contributed by atoms with Crippen LogP contribution in [0, 0.1) is 0 Å². The first-order valence-electron chi connectivity index (χ1n) is 4.08. The van der Waals surface area contributed by atoms with Gasteiger partial charge in [-0.15, -0.1) is 0 Å². The van der Waals surface area contributed by atoms with Crippen molar-refractivity contribution in [3.8, 4) is 0 Å². The van der Waals surface area contributed by atoms with Crippen molar-refractivity contribution in [3.63, 3.8) is 0 Å². The highest BCUT2D eigenvalue weighted by Crippen LogP contribution is 1.97. The van der Waals surface area contributed by atoms with Crippen LogP contribution >= 0.6 is 11.8 Å². The van der Waals surface area contributed by atoms with E-state index < -0.39 is 0 Å². The fourth-order valence-electron chi connectivity index (χ4n) is 0.848. The Kier molecular flexibility index (Phi) is 4.18. The minimum atomic E-state index is -0.237. The Morgan fingerprint density at radius 1 is 1.64 bits per heavy atom. The lowest BCUT2D eigenvalue weighted by atomic mass is 10.4. The van der Waals surface area contributed by atoms with Crippen molar-refractivity contribution < 1.29 is 4.79 Å². The molecule has 0 atom stereocenters. The number of aromatic nitrogens is 2. The standard InChI is InChI=1S/C8H12N4OS/c1-14-3-2-11-8(13)6-4-10-5-7(9)12-6/h4-5H,2-3H2,1H3,(H2,9,12)(H,11,13). The lowest BCUT2D eigenvalue weighted by Gasteiger charge is -2.02. The SMILES string of the molecule is CSCCNC(=O)c1cncc(N)n1. The van der Waals surface area contributed by atoms with Crippen LogP contribution in [0.1, 0.15) is 10.5 Å². The Morgan fingerprint density at radius 3 is 3.07 bits per heavy atom. The van der Waals surface area contributed by atoms with E-state index in [9.17, 15) is 4.79 Å². The van der Waals surface area contributed by atoms with E-state index in [0.29, 0.717) is 6.54 Å². The quantitative estimate of drug-likeness (QED) is 0.694. The number of thioether (sulfide) groups is 1. The van der Waals surface area contributed by atoms with Crippen molar-refractivity contribution >= 4 is 23.5 Å². The van der Waals surface area contributed by atoms with E-state index in [1.165, 1.54) is 12.4 Å². The minimum absolute atomic E-state index is 0.237. The van der Waals surface area contributed by atoms with Gasteiger partial charge in [0, 0.05) is 12.3 Å². The largest absolute Gasteiger partial charge is 0.382 e. The van der Waals surface area contributed by atoms with Gasteiger partial charge < -0.3 is 11.1 Å². The summed E-state index contributed by atoms with van der Waals surface area (Å²) in [5, 5.41) is 2.71. The zero-order valence-corrected chi connectivity index (χ0v) is 8.67. The van der Waals surface area contributed by atoms with Gasteiger partial charge in [-0.25, -0.2) is 4.98 Å². The summed E-state index contributed by atoms with van der Waals surface area (Å²) < 4.78 is 0. The molecule has 1 rings (SSSR count). The predicted octanol–water partition coefficient (Wildman–Crippen LogP) is 0.152. The second-order valence-electron chi connectivity index (χ2n) is 2.58. The molecule has 5 nitrogen and oxygen atoms in total. The second-order valence-corrected chi connectivity index (χ2v) is 3.56. The van der Waals surface area contributed by atoms with Crippen LogP contribution < -0.4 is 11.1 Å². The molecule has 1 aromatic rings. The van der Waals surface area contributed by atoms with E-state index in [0.717, 1.165) is 5.75 Å². The molecule has 0 aliphatic carbocycles. The first kappa shape index (κ1) is 10.8. The molecule has 0 bridgehead atoms. The maximum absolute atomic E-state index is 11.4. The number of anilines is 1. The van der Waals surface area contributed by atoms with Gasteiger partial charge in [0.05, 0.1) is 12.4 Å². The van der Waals surface area contributed by atoms with E-state index in [-0.39, 0.29) is 17.4 Å². The summed E-state index contributed by atoms with van der Waals surface area (Å²) in [6.45, 7) is 0.622. The molecule has 1 amide bonds. The van der Waals surface area contributed by atoms with Gasteiger partial charge >= 0.3 is 0 Å². The van der Waals surface area contributed by atoms with Crippen molar-refractivity contribution in [2.24, 2.45) is 0 Å². The Balaban J connectivity index is 2.52. The summed E-state index contributed by atoms with van der Waals surface area (Å²) in [7, 11) is 0. The number of carbonyl (C=O) groups is 1. The average Bonchev–Trinajstić information content (AvgIpc) is 2.18. The van der Waals surface area contributed by atoms with Crippen LogP contribution in [-0.4, -0.2) is 34.4 Å². The van der Waals surface area contributed by atoms with E-state index >= 15 is 0 Å². The van der Waals surface area contributed by atoms with Crippen LogP contribution in [0.4, 0.5) is 5.82 Å². The Hall–Kier alpha value is -1.30. The minimum Gasteiger partial charge on any atom is -0.382 e. The fraction of sp³-hybridized carbons (Fsp3) is 0.375. The number of nitrogens with two attached hydrogens (primary N) is 1. The van der Waals surface area contributed by atoms with Gasteiger partial charge in [0.25, 0.3) is 5.91 Å². The van der Waals surface area contributed by atoms with Crippen molar-refractivity contribution in [3.05, 3.63) is 18.1 Å². The van der Waals surface area contributed by atoms with Crippen molar-refractivity contribution in [2.45, 2.75) is 0 Å². The molecule has 0 radical (unpaired) electrons. The molecule has 0 saturated heterocycles.